The van der Waals surface area contributed by atoms with Gasteiger partial charge in [-0.25, -0.2) is 0 Å². The molecule has 1 N–H and O–H groups in total. The molecule has 1 amide bonds. The summed E-state index contributed by atoms with van der Waals surface area (Å²) in [5, 5.41) is 3.03. The van der Waals surface area contributed by atoms with Crippen LogP contribution in [0.3, 0.4) is 0 Å². The lowest BCUT2D eigenvalue weighted by Gasteiger charge is -2.35. The van der Waals surface area contributed by atoms with Crippen LogP contribution in [0, 0.1) is 13.8 Å². The Balaban J connectivity index is 1.49. The van der Waals surface area contributed by atoms with Crippen LogP contribution < -0.4 is 10.1 Å². The van der Waals surface area contributed by atoms with E-state index < -0.39 is 0 Å². The Bertz CT molecular complexity index is 581. The Morgan fingerprint density at radius 2 is 1.93 bits per heavy atom. The normalized spacial score (nSPS) is 20.4. The number of rotatable bonds is 10. The zero-order valence-electron chi connectivity index (χ0n) is 17.4. The molecular weight excluding hydrogens is 340 g/mol. The molecule has 1 aliphatic rings. The van der Waals surface area contributed by atoms with Gasteiger partial charge >= 0.3 is 0 Å². The summed E-state index contributed by atoms with van der Waals surface area (Å²) >= 11 is 0. The van der Waals surface area contributed by atoms with E-state index in [0.29, 0.717) is 25.2 Å². The third-order valence-electron chi connectivity index (χ3n) is 4.87. The molecule has 1 aromatic rings. The summed E-state index contributed by atoms with van der Waals surface area (Å²) in [6, 6.07) is 6.24. The predicted molar refractivity (Wildman–Crippen MR) is 109 cm³/mol. The van der Waals surface area contributed by atoms with Crippen molar-refractivity contribution in [1.82, 2.24) is 10.2 Å². The van der Waals surface area contributed by atoms with Gasteiger partial charge in [-0.15, -0.1) is 0 Å². The first kappa shape index (κ1) is 21.7. The van der Waals surface area contributed by atoms with Gasteiger partial charge in [-0.05, 0) is 64.2 Å². The van der Waals surface area contributed by atoms with Crippen molar-refractivity contribution < 1.29 is 14.3 Å². The van der Waals surface area contributed by atoms with Gasteiger partial charge in [0, 0.05) is 32.6 Å². The van der Waals surface area contributed by atoms with Gasteiger partial charge < -0.3 is 14.8 Å². The van der Waals surface area contributed by atoms with Gasteiger partial charge in [0.05, 0.1) is 18.8 Å². The molecule has 27 heavy (non-hydrogen) atoms. The average Bonchev–Trinajstić information content (AvgIpc) is 2.60. The highest BCUT2D eigenvalue weighted by atomic mass is 16.5. The highest BCUT2D eigenvalue weighted by Crippen LogP contribution is 2.19. The maximum atomic E-state index is 11.9. The standard InChI is InChI=1S/C22H36N2O3/c1-17-9-10-18(2)21(14-17)26-13-6-5-8-22(25)23-11-7-12-24-15-19(3)27-20(4)16-24/h9-10,14,19-20H,5-8,11-13,15-16H2,1-4H3,(H,23,25). The van der Waals surface area contributed by atoms with Crippen molar-refractivity contribution in [2.45, 2.75) is 65.6 Å². The van der Waals surface area contributed by atoms with E-state index in [9.17, 15) is 4.79 Å². The van der Waals surface area contributed by atoms with E-state index in [2.05, 4.69) is 56.1 Å². The molecule has 1 aliphatic heterocycles. The van der Waals surface area contributed by atoms with E-state index in [1.807, 2.05) is 0 Å². The van der Waals surface area contributed by atoms with Crippen LogP contribution in [0.1, 0.15) is 50.7 Å². The Kier molecular flexibility index (Phi) is 9.08. The number of aryl methyl sites for hydroxylation is 2. The molecule has 0 radical (unpaired) electrons. The predicted octanol–water partition coefficient (Wildman–Crippen LogP) is 3.47. The number of carbonyl (C=O) groups is 1. The fourth-order valence-corrected chi connectivity index (χ4v) is 3.52. The fourth-order valence-electron chi connectivity index (χ4n) is 3.52. The van der Waals surface area contributed by atoms with Gasteiger partial charge in [-0.2, -0.15) is 0 Å². The number of benzene rings is 1. The van der Waals surface area contributed by atoms with E-state index in [4.69, 9.17) is 9.47 Å². The molecule has 2 rings (SSSR count). The lowest BCUT2D eigenvalue weighted by atomic mass is 10.1. The van der Waals surface area contributed by atoms with Crippen LogP contribution in [-0.4, -0.2) is 55.8 Å². The van der Waals surface area contributed by atoms with Gasteiger partial charge in [-0.1, -0.05) is 12.1 Å². The minimum atomic E-state index is 0.144. The highest BCUT2D eigenvalue weighted by molar-refractivity contribution is 5.75. The van der Waals surface area contributed by atoms with E-state index in [1.165, 1.54) is 5.56 Å². The molecule has 2 unspecified atom stereocenters. The first-order valence-electron chi connectivity index (χ1n) is 10.3. The highest BCUT2D eigenvalue weighted by Gasteiger charge is 2.21. The quantitative estimate of drug-likeness (QED) is 0.635. The Hall–Kier alpha value is -1.59. The Morgan fingerprint density at radius 3 is 2.67 bits per heavy atom. The average molecular weight is 377 g/mol. The number of amides is 1. The molecule has 0 aromatic heterocycles. The van der Waals surface area contributed by atoms with E-state index in [0.717, 1.165) is 56.8 Å². The molecule has 0 saturated carbocycles. The second-order valence-electron chi connectivity index (χ2n) is 7.79. The summed E-state index contributed by atoms with van der Waals surface area (Å²) < 4.78 is 11.6. The Labute approximate surface area is 164 Å². The lowest BCUT2D eigenvalue weighted by molar-refractivity contribution is -0.121. The SMILES string of the molecule is Cc1ccc(C)c(OCCCCC(=O)NCCCN2CC(C)OC(C)C2)c1. The lowest BCUT2D eigenvalue weighted by Crippen LogP contribution is -2.46. The van der Waals surface area contributed by atoms with E-state index in [1.54, 1.807) is 0 Å². The van der Waals surface area contributed by atoms with Gasteiger partial charge in [0.1, 0.15) is 5.75 Å². The molecule has 1 aromatic carbocycles. The van der Waals surface area contributed by atoms with Crippen LogP contribution in [0.15, 0.2) is 18.2 Å². The second-order valence-corrected chi connectivity index (χ2v) is 7.79. The van der Waals surface area contributed by atoms with Crippen LogP contribution in [-0.2, 0) is 9.53 Å². The third-order valence-corrected chi connectivity index (χ3v) is 4.87. The summed E-state index contributed by atoms with van der Waals surface area (Å²) in [6.45, 7) is 12.8. The molecule has 0 bridgehead atoms. The van der Waals surface area contributed by atoms with Gasteiger partial charge in [0.15, 0.2) is 0 Å². The molecule has 0 spiro atoms. The monoisotopic (exact) mass is 376 g/mol. The minimum Gasteiger partial charge on any atom is -0.493 e. The van der Waals surface area contributed by atoms with Crippen molar-refractivity contribution in [3.05, 3.63) is 29.3 Å². The third kappa shape index (κ3) is 8.31. The van der Waals surface area contributed by atoms with Crippen LogP contribution >= 0.6 is 0 Å². The maximum absolute atomic E-state index is 11.9. The van der Waals surface area contributed by atoms with Crippen molar-refractivity contribution in [2.75, 3.05) is 32.8 Å². The largest absolute Gasteiger partial charge is 0.493 e. The van der Waals surface area contributed by atoms with Crippen molar-refractivity contribution in [3.8, 4) is 5.75 Å². The minimum absolute atomic E-state index is 0.144. The van der Waals surface area contributed by atoms with Gasteiger partial charge in [-0.3, -0.25) is 9.69 Å². The maximum Gasteiger partial charge on any atom is 0.219 e. The molecule has 0 aliphatic carbocycles. The van der Waals surface area contributed by atoms with E-state index >= 15 is 0 Å². The van der Waals surface area contributed by atoms with E-state index in [-0.39, 0.29) is 5.91 Å². The molecule has 5 heteroatoms. The summed E-state index contributed by atoms with van der Waals surface area (Å²) in [7, 11) is 0. The Morgan fingerprint density at radius 1 is 1.19 bits per heavy atom. The smallest absolute Gasteiger partial charge is 0.219 e. The van der Waals surface area contributed by atoms with Crippen LogP contribution in [0.25, 0.3) is 0 Å². The summed E-state index contributed by atoms with van der Waals surface area (Å²) in [4.78, 5) is 14.4. The van der Waals surface area contributed by atoms with Crippen LogP contribution in [0.2, 0.25) is 0 Å². The number of carbonyl (C=O) groups excluding carboxylic acids is 1. The van der Waals surface area contributed by atoms with Crippen molar-refractivity contribution in [2.24, 2.45) is 0 Å². The number of nitrogens with one attached hydrogen (secondary N) is 1. The molecule has 1 heterocycles. The van der Waals surface area contributed by atoms with Gasteiger partial charge in [0.25, 0.3) is 0 Å². The van der Waals surface area contributed by atoms with Gasteiger partial charge in [0.2, 0.25) is 5.91 Å². The molecule has 2 atom stereocenters. The summed E-state index contributed by atoms with van der Waals surface area (Å²) in [5.41, 5.74) is 2.36. The molecule has 1 fully saturated rings. The number of morpholine rings is 1. The molecular formula is C22H36N2O3. The first-order valence-corrected chi connectivity index (χ1v) is 10.3. The van der Waals surface area contributed by atoms with Crippen LogP contribution in [0.5, 0.6) is 5.75 Å². The first-order chi connectivity index (χ1) is 12.9. The van der Waals surface area contributed by atoms with Crippen molar-refractivity contribution in [1.29, 1.82) is 0 Å². The number of unbranched alkanes of at least 4 members (excludes halogenated alkanes) is 1. The number of hydrogen-bond donors (Lipinski definition) is 1. The summed E-state index contributed by atoms with van der Waals surface area (Å²) in [6.07, 6.45) is 3.91. The van der Waals surface area contributed by atoms with Crippen LogP contribution in [0.4, 0.5) is 0 Å². The fraction of sp³-hybridized carbons (Fsp3) is 0.682. The topological polar surface area (TPSA) is 50.8 Å². The second kappa shape index (κ2) is 11.3. The molecule has 5 nitrogen and oxygen atoms in total. The molecule has 1 saturated heterocycles. The van der Waals surface area contributed by atoms with Crippen molar-refractivity contribution in [3.63, 3.8) is 0 Å². The summed E-state index contributed by atoms with van der Waals surface area (Å²) in [5.74, 6) is 1.09. The number of hydrogen-bond acceptors (Lipinski definition) is 4. The van der Waals surface area contributed by atoms with Crippen molar-refractivity contribution >= 4 is 5.91 Å². The zero-order valence-corrected chi connectivity index (χ0v) is 17.4. The zero-order chi connectivity index (χ0) is 19.6. The molecule has 152 valence electrons. The number of ether oxygens (including phenoxy) is 2. The number of nitrogens with zero attached hydrogens (tertiary/aromatic N) is 1.